The van der Waals surface area contributed by atoms with E-state index < -0.39 is 6.43 Å². The van der Waals surface area contributed by atoms with Gasteiger partial charge in [-0.1, -0.05) is 0 Å². The van der Waals surface area contributed by atoms with Gasteiger partial charge in [0.1, 0.15) is 42.4 Å². The zero-order valence-corrected chi connectivity index (χ0v) is 16.5. The number of halogens is 2. The van der Waals surface area contributed by atoms with Crippen molar-refractivity contribution in [3.63, 3.8) is 0 Å². The zero-order valence-electron chi connectivity index (χ0n) is 16.5. The average molecular weight is 416 g/mol. The van der Waals surface area contributed by atoms with Gasteiger partial charge in [0.2, 0.25) is 0 Å². The van der Waals surface area contributed by atoms with Crippen LogP contribution in [0.5, 0.6) is 11.5 Å². The second-order valence-electron chi connectivity index (χ2n) is 7.50. The summed E-state index contributed by atoms with van der Waals surface area (Å²) in [6.07, 6.45) is 0.938. The van der Waals surface area contributed by atoms with Crippen LogP contribution in [0.15, 0.2) is 30.7 Å². The third-order valence-corrected chi connectivity index (χ3v) is 5.53. The lowest BCUT2D eigenvalue weighted by molar-refractivity contribution is 0.0526. The summed E-state index contributed by atoms with van der Waals surface area (Å²) in [6, 6.07) is 4.79. The summed E-state index contributed by atoms with van der Waals surface area (Å²) in [5, 5.41) is 4.21. The van der Waals surface area contributed by atoms with Crippen molar-refractivity contribution in [2.24, 2.45) is 0 Å². The van der Waals surface area contributed by atoms with E-state index in [1.807, 2.05) is 23.8 Å². The first-order valence-corrected chi connectivity index (χ1v) is 9.95. The van der Waals surface area contributed by atoms with Crippen LogP contribution in [0.2, 0.25) is 0 Å². The number of benzene rings is 1. The summed E-state index contributed by atoms with van der Waals surface area (Å²) in [4.78, 5) is 8.60. The molecule has 0 bridgehead atoms. The topological polar surface area (TPSA) is 70.4 Å². The molecule has 2 aromatic heterocycles. The van der Waals surface area contributed by atoms with Gasteiger partial charge >= 0.3 is 0 Å². The molecule has 0 radical (unpaired) electrons. The molecule has 0 aliphatic carbocycles. The van der Waals surface area contributed by atoms with Crippen molar-refractivity contribution in [1.29, 1.82) is 0 Å². The Morgan fingerprint density at radius 2 is 2.20 bits per heavy atom. The molecule has 5 rings (SSSR count). The number of ether oxygens (including phenoxy) is 3. The number of nitrogens with zero attached hydrogens (tertiary/aromatic N) is 3. The molecule has 1 N–H and O–H groups in total. The fourth-order valence-corrected chi connectivity index (χ4v) is 3.99. The molecule has 158 valence electrons. The van der Waals surface area contributed by atoms with Crippen LogP contribution >= 0.6 is 0 Å². The smallest absolute Gasteiger partial charge is 0.264 e. The second kappa shape index (κ2) is 7.81. The number of hydrogen-bond donors (Lipinski definition) is 1. The van der Waals surface area contributed by atoms with Crippen molar-refractivity contribution in [1.82, 2.24) is 19.9 Å². The van der Waals surface area contributed by atoms with E-state index in [2.05, 4.69) is 15.3 Å². The van der Waals surface area contributed by atoms with E-state index in [-0.39, 0.29) is 17.9 Å². The Bertz CT molecular complexity index is 1070. The Morgan fingerprint density at radius 1 is 1.30 bits per heavy atom. The van der Waals surface area contributed by atoms with Gasteiger partial charge in [-0.05, 0) is 25.1 Å². The molecule has 0 saturated carbocycles. The number of hydrogen-bond acceptors (Lipinski definition) is 6. The molecule has 3 aromatic rings. The van der Waals surface area contributed by atoms with Crippen LogP contribution in [0.25, 0.3) is 11.0 Å². The molecule has 2 aliphatic heterocycles. The molecular formula is C21H22F2N4O3. The summed E-state index contributed by atoms with van der Waals surface area (Å²) in [5.74, 6) is 0.869. The van der Waals surface area contributed by atoms with Crippen LogP contribution in [0, 0.1) is 6.92 Å². The lowest BCUT2D eigenvalue weighted by atomic mass is 10.1. The Kier molecular flexibility index (Phi) is 5.00. The van der Waals surface area contributed by atoms with Crippen molar-refractivity contribution < 1.29 is 23.0 Å². The summed E-state index contributed by atoms with van der Waals surface area (Å²) in [7, 11) is 0. The lowest BCUT2D eigenvalue weighted by Gasteiger charge is -2.19. The Labute approximate surface area is 172 Å². The highest BCUT2D eigenvalue weighted by molar-refractivity contribution is 5.78. The Hall–Kier alpha value is -2.78. The molecule has 1 fully saturated rings. The van der Waals surface area contributed by atoms with E-state index in [4.69, 9.17) is 14.2 Å². The first-order chi connectivity index (χ1) is 14.6. The second-order valence-corrected chi connectivity index (χ2v) is 7.50. The van der Waals surface area contributed by atoms with E-state index in [0.29, 0.717) is 44.2 Å². The first-order valence-electron chi connectivity index (χ1n) is 9.95. The van der Waals surface area contributed by atoms with Gasteiger partial charge in [0, 0.05) is 42.2 Å². The molecule has 7 nitrogen and oxygen atoms in total. The number of fused-ring (bicyclic) bond motifs is 2. The molecule has 2 unspecified atom stereocenters. The highest BCUT2D eigenvalue weighted by Gasteiger charge is 2.31. The summed E-state index contributed by atoms with van der Waals surface area (Å²) in [5.41, 5.74) is 2.36. The van der Waals surface area contributed by atoms with Crippen LogP contribution in [-0.2, 0) is 11.3 Å². The number of nitrogens with one attached hydrogen (secondary N) is 1. The predicted octanol–water partition coefficient (Wildman–Crippen LogP) is 3.53. The molecule has 4 heterocycles. The average Bonchev–Trinajstić information content (AvgIpc) is 3.29. The molecule has 1 aromatic carbocycles. The zero-order chi connectivity index (χ0) is 20.7. The van der Waals surface area contributed by atoms with Gasteiger partial charge in [-0.2, -0.15) is 0 Å². The Balaban J connectivity index is 1.39. The monoisotopic (exact) mass is 416 g/mol. The van der Waals surface area contributed by atoms with Gasteiger partial charge in [-0.3, -0.25) is 0 Å². The number of alkyl halides is 2. The molecule has 9 heteroatoms. The van der Waals surface area contributed by atoms with E-state index in [1.54, 1.807) is 0 Å². The van der Waals surface area contributed by atoms with Gasteiger partial charge in [-0.25, -0.2) is 18.7 Å². The van der Waals surface area contributed by atoms with Crippen molar-refractivity contribution in [2.45, 2.75) is 38.6 Å². The quantitative estimate of drug-likeness (QED) is 0.702. The standard InChI is InChI=1S/C21H22F2N4O3/c1-12-15-2-4-27(21(15)26-11-25-12)19-8-14(10-29-19)30-18-7-13(20(22)23)6-17-16(18)9-24-3-5-28-17/h2,4,6-7,11,14,19-20,24H,3,5,8-10H2,1H3. The molecule has 2 atom stereocenters. The van der Waals surface area contributed by atoms with E-state index in [9.17, 15) is 8.78 Å². The molecular weight excluding hydrogens is 394 g/mol. The summed E-state index contributed by atoms with van der Waals surface area (Å²) in [6.45, 7) is 3.87. The minimum Gasteiger partial charge on any atom is -0.492 e. The van der Waals surface area contributed by atoms with Crippen molar-refractivity contribution >= 4 is 11.0 Å². The van der Waals surface area contributed by atoms with Crippen molar-refractivity contribution in [2.75, 3.05) is 19.8 Å². The van der Waals surface area contributed by atoms with Gasteiger partial charge in [0.05, 0.1) is 12.3 Å². The molecule has 0 spiro atoms. The van der Waals surface area contributed by atoms with Crippen LogP contribution in [0.3, 0.4) is 0 Å². The van der Waals surface area contributed by atoms with E-state index in [0.717, 1.165) is 22.3 Å². The van der Waals surface area contributed by atoms with Gasteiger partial charge < -0.3 is 24.1 Å². The SMILES string of the molecule is Cc1ncnc2c1ccn2C1CC(Oc2cc(C(F)F)cc3c2CNCCO3)CO1. The third kappa shape index (κ3) is 3.48. The largest absolute Gasteiger partial charge is 0.492 e. The van der Waals surface area contributed by atoms with Gasteiger partial charge in [0.25, 0.3) is 6.43 Å². The van der Waals surface area contributed by atoms with Gasteiger partial charge in [-0.15, -0.1) is 0 Å². The number of rotatable bonds is 4. The third-order valence-electron chi connectivity index (χ3n) is 5.53. The molecule has 2 aliphatic rings. The van der Waals surface area contributed by atoms with Crippen LogP contribution in [0.1, 0.15) is 35.9 Å². The van der Waals surface area contributed by atoms with Crippen molar-refractivity contribution in [3.8, 4) is 11.5 Å². The Morgan fingerprint density at radius 3 is 3.07 bits per heavy atom. The summed E-state index contributed by atoms with van der Waals surface area (Å²) >= 11 is 0. The first kappa shape index (κ1) is 19.2. The summed E-state index contributed by atoms with van der Waals surface area (Å²) < 4.78 is 46.5. The highest BCUT2D eigenvalue weighted by atomic mass is 19.3. The minimum absolute atomic E-state index is 0.107. The van der Waals surface area contributed by atoms with Crippen LogP contribution < -0.4 is 14.8 Å². The number of aryl methyl sites for hydroxylation is 1. The predicted molar refractivity (Wildman–Crippen MR) is 105 cm³/mol. The number of aromatic nitrogens is 3. The van der Waals surface area contributed by atoms with E-state index in [1.165, 1.54) is 18.5 Å². The normalized spacial score (nSPS) is 21.5. The molecule has 1 saturated heterocycles. The minimum atomic E-state index is -2.60. The molecule has 0 amide bonds. The fraction of sp³-hybridized carbons (Fsp3) is 0.429. The highest BCUT2D eigenvalue weighted by Crippen LogP contribution is 2.38. The van der Waals surface area contributed by atoms with Gasteiger partial charge in [0.15, 0.2) is 0 Å². The fourth-order valence-electron chi connectivity index (χ4n) is 3.99. The van der Waals surface area contributed by atoms with Crippen LogP contribution in [0.4, 0.5) is 8.78 Å². The lowest BCUT2D eigenvalue weighted by Crippen LogP contribution is -2.19. The molecule has 30 heavy (non-hydrogen) atoms. The van der Waals surface area contributed by atoms with Crippen LogP contribution in [-0.4, -0.2) is 40.4 Å². The van der Waals surface area contributed by atoms with E-state index >= 15 is 0 Å². The maximum Gasteiger partial charge on any atom is 0.264 e. The maximum absolute atomic E-state index is 13.4. The van der Waals surface area contributed by atoms with Crippen molar-refractivity contribution in [3.05, 3.63) is 47.5 Å². The maximum atomic E-state index is 13.4.